The monoisotopic (exact) mass is 333 g/mol. The van der Waals surface area contributed by atoms with Crippen LogP contribution >= 0.6 is 15.9 Å². The number of halogens is 1. The van der Waals surface area contributed by atoms with Crippen molar-refractivity contribution >= 4 is 21.7 Å². The van der Waals surface area contributed by atoms with Crippen LogP contribution in [0.25, 0.3) is 0 Å². The molecule has 0 fully saturated rings. The molecular weight excluding hydrogens is 318 g/mol. The lowest BCUT2D eigenvalue weighted by atomic mass is 10.0. The number of carbonyl (C=O) groups is 1. The van der Waals surface area contributed by atoms with Gasteiger partial charge in [-0.25, -0.2) is 0 Å². The molecule has 0 N–H and O–H groups in total. The number of aryl methyl sites for hydroxylation is 1. The average molecular weight is 334 g/mol. The predicted molar refractivity (Wildman–Crippen MR) is 82.0 cm³/mol. The molecule has 0 amide bonds. The minimum absolute atomic E-state index is 0.215. The van der Waals surface area contributed by atoms with E-state index in [1.807, 2.05) is 36.4 Å². The number of benzene rings is 1. The van der Waals surface area contributed by atoms with Crippen LogP contribution in [-0.2, 0) is 17.6 Å². The predicted octanol–water partition coefficient (Wildman–Crippen LogP) is 3.60. The maximum absolute atomic E-state index is 12.0. The number of hydrogen-bond acceptors (Lipinski definition) is 3. The highest BCUT2D eigenvalue weighted by Crippen LogP contribution is 2.25. The van der Waals surface area contributed by atoms with E-state index in [1.165, 1.54) is 0 Å². The molecule has 0 aliphatic rings. The van der Waals surface area contributed by atoms with Crippen LogP contribution in [0.4, 0.5) is 0 Å². The van der Waals surface area contributed by atoms with Gasteiger partial charge in [0.25, 0.3) is 0 Å². The van der Waals surface area contributed by atoms with Crippen molar-refractivity contribution < 1.29 is 9.53 Å². The smallest absolute Gasteiger partial charge is 0.137 e. The molecule has 0 unspecified atom stereocenters. The quantitative estimate of drug-likeness (QED) is 0.810. The van der Waals surface area contributed by atoms with Crippen LogP contribution < -0.4 is 4.74 Å². The fourth-order valence-corrected chi connectivity index (χ4v) is 2.54. The van der Waals surface area contributed by atoms with Gasteiger partial charge < -0.3 is 4.74 Å². The summed E-state index contributed by atoms with van der Waals surface area (Å²) in [6.07, 6.45) is 3.40. The number of pyridine rings is 1. The Morgan fingerprint density at radius 1 is 1.30 bits per heavy atom. The summed E-state index contributed by atoms with van der Waals surface area (Å²) >= 11 is 3.43. The van der Waals surface area contributed by atoms with Gasteiger partial charge in [-0.3, -0.25) is 9.78 Å². The summed E-state index contributed by atoms with van der Waals surface area (Å²) < 4.78 is 6.04. The van der Waals surface area contributed by atoms with Crippen LogP contribution in [0.1, 0.15) is 17.7 Å². The van der Waals surface area contributed by atoms with E-state index in [2.05, 4.69) is 20.9 Å². The summed E-state index contributed by atoms with van der Waals surface area (Å²) in [5, 5.41) is 0. The Labute approximate surface area is 127 Å². The third-order valence-electron chi connectivity index (χ3n) is 3.00. The molecule has 2 rings (SSSR count). The molecule has 20 heavy (non-hydrogen) atoms. The molecule has 104 valence electrons. The van der Waals surface area contributed by atoms with E-state index in [0.717, 1.165) is 21.5 Å². The Hall–Kier alpha value is -1.68. The molecule has 1 heterocycles. The molecule has 0 spiro atoms. The number of nitrogens with zero attached hydrogens (tertiary/aromatic N) is 1. The molecule has 0 radical (unpaired) electrons. The SMILES string of the molecule is COc1ccc(CC(=O)CCc2ccccn2)cc1Br. The summed E-state index contributed by atoms with van der Waals surface area (Å²) in [6, 6.07) is 11.5. The van der Waals surface area contributed by atoms with Gasteiger partial charge in [0, 0.05) is 24.7 Å². The number of aromatic nitrogens is 1. The summed E-state index contributed by atoms with van der Waals surface area (Å²) in [4.78, 5) is 16.2. The molecule has 0 aliphatic carbocycles. The summed E-state index contributed by atoms with van der Waals surface area (Å²) in [7, 11) is 1.62. The Morgan fingerprint density at radius 3 is 2.80 bits per heavy atom. The summed E-state index contributed by atoms with van der Waals surface area (Å²) in [5.41, 5.74) is 1.94. The molecule has 1 aromatic carbocycles. The average Bonchev–Trinajstić information content (AvgIpc) is 2.46. The van der Waals surface area contributed by atoms with E-state index in [4.69, 9.17) is 4.74 Å². The van der Waals surface area contributed by atoms with Gasteiger partial charge in [-0.1, -0.05) is 12.1 Å². The number of hydrogen-bond donors (Lipinski definition) is 0. The maximum Gasteiger partial charge on any atom is 0.137 e. The minimum Gasteiger partial charge on any atom is -0.496 e. The Kier molecular flexibility index (Phi) is 5.30. The van der Waals surface area contributed by atoms with Crippen LogP contribution in [0, 0.1) is 0 Å². The molecule has 0 saturated heterocycles. The zero-order valence-corrected chi connectivity index (χ0v) is 12.9. The van der Waals surface area contributed by atoms with Gasteiger partial charge >= 0.3 is 0 Å². The van der Waals surface area contributed by atoms with Gasteiger partial charge in [0.15, 0.2) is 0 Å². The second kappa shape index (κ2) is 7.20. The number of carbonyl (C=O) groups excluding carboxylic acids is 1. The molecule has 4 heteroatoms. The Balaban J connectivity index is 1.90. The lowest BCUT2D eigenvalue weighted by molar-refractivity contribution is -0.118. The maximum atomic E-state index is 12.0. The van der Waals surface area contributed by atoms with Crippen LogP contribution in [0.15, 0.2) is 47.1 Å². The van der Waals surface area contributed by atoms with E-state index in [1.54, 1.807) is 13.3 Å². The second-order valence-corrected chi connectivity index (χ2v) is 5.36. The van der Waals surface area contributed by atoms with E-state index < -0.39 is 0 Å². The first-order valence-electron chi connectivity index (χ1n) is 6.43. The molecule has 1 aromatic heterocycles. The molecular formula is C16H16BrNO2. The zero-order chi connectivity index (χ0) is 14.4. The number of ether oxygens (including phenoxy) is 1. The van der Waals surface area contributed by atoms with E-state index >= 15 is 0 Å². The molecule has 0 atom stereocenters. The number of Topliss-reactive ketones (excluding diaryl/α,β-unsaturated/α-hetero) is 1. The third kappa shape index (κ3) is 4.17. The number of methoxy groups -OCH3 is 1. The van der Waals surface area contributed by atoms with Gasteiger partial charge in [0.05, 0.1) is 11.6 Å². The molecule has 2 aromatic rings. The summed E-state index contributed by atoms with van der Waals surface area (Å²) in [6.45, 7) is 0. The lowest BCUT2D eigenvalue weighted by Crippen LogP contribution is -2.05. The van der Waals surface area contributed by atoms with Crippen molar-refractivity contribution in [2.24, 2.45) is 0 Å². The molecule has 0 aliphatic heterocycles. The highest BCUT2D eigenvalue weighted by molar-refractivity contribution is 9.10. The first-order chi connectivity index (χ1) is 9.69. The van der Waals surface area contributed by atoms with Gasteiger partial charge in [-0.2, -0.15) is 0 Å². The van der Waals surface area contributed by atoms with Crippen molar-refractivity contribution in [2.75, 3.05) is 7.11 Å². The van der Waals surface area contributed by atoms with E-state index in [0.29, 0.717) is 19.3 Å². The second-order valence-electron chi connectivity index (χ2n) is 4.51. The topological polar surface area (TPSA) is 39.2 Å². The number of ketones is 1. The van der Waals surface area contributed by atoms with Crippen LogP contribution in [0.3, 0.4) is 0 Å². The zero-order valence-electron chi connectivity index (χ0n) is 11.3. The highest BCUT2D eigenvalue weighted by atomic mass is 79.9. The minimum atomic E-state index is 0.215. The first kappa shape index (κ1) is 14.7. The van der Waals surface area contributed by atoms with E-state index in [9.17, 15) is 4.79 Å². The largest absolute Gasteiger partial charge is 0.496 e. The van der Waals surface area contributed by atoms with Crippen molar-refractivity contribution in [3.05, 3.63) is 58.3 Å². The van der Waals surface area contributed by atoms with E-state index in [-0.39, 0.29) is 5.78 Å². The lowest BCUT2D eigenvalue weighted by Gasteiger charge is -2.06. The normalized spacial score (nSPS) is 10.3. The molecule has 0 bridgehead atoms. The highest BCUT2D eigenvalue weighted by Gasteiger charge is 2.07. The van der Waals surface area contributed by atoms with Crippen LogP contribution in [0.2, 0.25) is 0 Å². The third-order valence-corrected chi connectivity index (χ3v) is 3.62. The van der Waals surface area contributed by atoms with Gasteiger partial charge in [-0.05, 0) is 52.2 Å². The van der Waals surface area contributed by atoms with Gasteiger partial charge in [0.1, 0.15) is 11.5 Å². The van der Waals surface area contributed by atoms with Crippen molar-refractivity contribution in [3.8, 4) is 5.75 Å². The van der Waals surface area contributed by atoms with Crippen LogP contribution in [-0.4, -0.2) is 17.9 Å². The number of rotatable bonds is 6. The van der Waals surface area contributed by atoms with Gasteiger partial charge in [-0.15, -0.1) is 0 Å². The first-order valence-corrected chi connectivity index (χ1v) is 7.22. The summed E-state index contributed by atoms with van der Waals surface area (Å²) in [5.74, 6) is 0.988. The molecule has 3 nitrogen and oxygen atoms in total. The Bertz CT molecular complexity index is 584. The van der Waals surface area contributed by atoms with Crippen LogP contribution in [0.5, 0.6) is 5.75 Å². The van der Waals surface area contributed by atoms with Crippen molar-refractivity contribution in [3.63, 3.8) is 0 Å². The fraction of sp³-hybridized carbons (Fsp3) is 0.250. The van der Waals surface area contributed by atoms with Gasteiger partial charge in [0.2, 0.25) is 0 Å². The fourth-order valence-electron chi connectivity index (χ4n) is 1.95. The van der Waals surface area contributed by atoms with Crippen molar-refractivity contribution in [1.29, 1.82) is 0 Å². The Morgan fingerprint density at radius 2 is 2.15 bits per heavy atom. The molecule has 0 saturated carbocycles. The van der Waals surface area contributed by atoms with Crippen molar-refractivity contribution in [2.45, 2.75) is 19.3 Å². The standard InChI is InChI=1S/C16H16BrNO2/c1-20-16-8-5-12(11-15(16)17)10-14(19)7-6-13-4-2-3-9-18-13/h2-5,8-9,11H,6-7,10H2,1H3. The van der Waals surface area contributed by atoms with Crippen molar-refractivity contribution in [1.82, 2.24) is 4.98 Å².